The molecule has 0 aliphatic heterocycles. The van der Waals surface area contributed by atoms with Crippen LogP contribution in [0.2, 0.25) is 0 Å². The van der Waals surface area contributed by atoms with Crippen LogP contribution in [0.3, 0.4) is 0 Å². The lowest BCUT2D eigenvalue weighted by atomic mass is 9.92. The molecule has 1 amide bonds. The molecule has 0 saturated carbocycles. The molecule has 6 nitrogen and oxygen atoms in total. The highest BCUT2D eigenvalue weighted by molar-refractivity contribution is 5.98. The summed E-state index contributed by atoms with van der Waals surface area (Å²) in [6.45, 7) is 1.69. The van der Waals surface area contributed by atoms with E-state index < -0.39 is 12.1 Å². The van der Waals surface area contributed by atoms with Crippen LogP contribution in [0.25, 0.3) is 0 Å². The number of anilines is 1. The fraction of sp³-hybridized carbons (Fsp3) is 0.364. The van der Waals surface area contributed by atoms with Gasteiger partial charge in [-0.05, 0) is 74.1 Å². The van der Waals surface area contributed by atoms with E-state index in [9.17, 15) is 9.59 Å². The van der Waals surface area contributed by atoms with Gasteiger partial charge in [-0.15, -0.1) is 0 Å². The first kappa shape index (κ1) is 19.7. The highest BCUT2D eigenvalue weighted by Gasteiger charge is 2.19. The van der Waals surface area contributed by atoms with Gasteiger partial charge in [-0.25, -0.2) is 4.79 Å². The van der Waals surface area contributed by atoms with Crippen molar-refractivity contribution in [2.45, 2.75) is 38.7 Å². The molecule has 28 heavy (non-hydrogen) atoms. The Kier molecular flexibility index (Phi) is 6.19. The second-order valence-corrected chi connectivity index (χ2v) is 6.79. The van der Waals surface area contributed by atoms with Gasteiger partial charge in [0.05, 0.1) is 25.5 Å². The number of carbonyl (C=O) groups excluding carboxylic acids is 2. The standard InChI is InChI=1S/C22H25NO5/c1-14(28-18-10-8-15-6-4-5-7-16(15)12-18)21(24)23-19-13-17(22(25)27-3)9-11-20(19)26-2/h8-14H,4-7H2,1-3H3,(H,23,24)/t14-/m1/s1. The van der Waals surface area contributed by atoms with Crippen LogP contribution in [0.5, 0.6) is 11.5 Å². The van der Waals surface area contributed by atoms with Crippen LogP contribution in [-0.4, -0.2) is 32.2 Å². The molecule has 0 aromatic heterocycles. The summed E-state index contributed by atoms with van der Waals surface area (Å²) in [6.07, 6.45) is 3.83. The molecule has 0 saturated heterocycles. The molecule has 0 bridgehead atoms. The minimum atomic E-state index is -0.715. The van der Waals surface area contributed by atoms with E-state index in [1.165, 1.54) is 44.3 Å². The Labute approximate surface area is 164 Å². The first-order chi connectivity index (χ1) is 13.5. The lowest BCUT2D eigenvalue weighted by Gasteiger charge is -2.19. The molecular formula is C22H25NO5. The van der Waals surface area contributed by atoms with E-state index in [1.54, 1.807) is 19.1 Å². The van der Waals surface area contributed by atoms with E-state index in [-0.39, 0.29) is 5.91 Å². The van der Waals surface area contributed by atoms with E-state index in [1.807, 2.05) is 12.1 Å². The van der Waals surface area contributed by atoms with Crippen molar-refractivity contribution in [1.82, 2.24) is 0 Å². The van der Waals surface area contributed by atoms with Crippen LogP contribution in [-0.2, 0) is 22.4 Å². The van der Waals surface area contributed by atoms with Crippen molar-refractivity contribution in [2.75, 3.05) is 19.5 Å². The zero-order valence-corrected chi connectivity index (χ0v) is 16.4. The van der Waals surface area contributed by atoms with Crippen LogP contribution >= 0.6 is 0 Å². The Morgan fingerprint density at radius 2 is 1.75 bits per heavy atom. The van der Waals surface area contributed by atoms with E-state index in [4.69, 9.17) is 14.2 Å². The lowest BCUT2D eigenvalue weighted by Crippen LogP contribution is -2.30. The Hall–Kier alpha value is -3.02. The van der Waals surface area contributed by atoms with Gasteiger partial charge in [-0.2, -0.15) is 0 Å². The Morgan fingerprint density at radius 1 is 1.00 bits per heavy atom. The van der Waals surface area contributed by atoms with Crippen molar-refractivity contribution in [3.05, 3.63) is 53.1 Å². The quantitative estimate of drug-likeness (QED) is 0.769. The molecule has 0 fully saturated rings. The maximum Gasteiger partial charge on any atom is 0.337 e. The van der Waals surface area contributed by atoms with E-state index in [0.29, 0.717) is 22.7 Å². The van der Waals surface area contributed by atoms with E-state index >= 15 is 0 Å². The molecule has 6 heteroatoms. The average Bonchev–Trinajstić information content (AvgIpc) is 2.72. The highest BCUT2D eigenvalue weighted by atomic mass is 16.5. The summed E-state index contributed by atoms with van der Waals surface area (Å²) in [5.74, 6) is 0.301. The second kappa shape index (κ2) is 8.78. The van der Waals surface area contributed by atoms with Gasteiger partial charge in [0.15, 0.2) is 6.10 Å². The minimum Gasteiger partial charge on any atom is -0.495 e. The Balaban J connectivity index is 1.71. The number of rotatable bonds is 6. The van der Waals surface area contributed by atoms with Gasteiger partial charge in [-0.3, -0.25) is 4.79 Å². The lowest BCUT2D eigenvalue weighted by molar-refractivity contribution is -0.122. The summed E-state index contributed by atoms with van der Waals surface area (Å²) in [5.41, 5.74) is 3.36. The second-order valence-electron chi connectivity index (χ2n) is 6.79. The molecule has 2 aromatic carbocycles. The van der Waals surface area contributed by atoms with E-state index in [2.05, 4.69) is 11.4 Å². The number of nitrogens with one attached hydrogen (secondary N) is 1. The summed E-state index contributed by atoms with van der Waals surface area (Å²) >= 11 is 0. The topological polar surface area (TPSA) is 73.9 Å². The Morgan fingerprint density at radius 3 is 2.46 bits per heavy atom. The third-order valence-electron chi connectivity index (χ3n) is 4.88. The number of amides is 1. The minimum absolute atomic E-state index is 0.321. The molecule has 0 heterocycles. The predicted octanol–water partition coefficient (Wildman–Crippen LogP) is 3.77. The monoisotopic (exact) mass is 383 g/mol. The zero-order valence-electron chi connectivity index (χ0n) is 16.4. The van der Waals surface area contributed by atoms with Gasteiger partial charge in [0.1, 0.15) is 11.5 Å². The van der Waals surface area contributed by atoms with Crippen LogP contribution in [0, 0.1) is 0 Å². The summed E-state index contributed by atoms with van der Waals surface area (Å²) < 4.78 is 15.8. The molecule has 1 aliphatic carbocycles. The number of aryl methyl sites for hydroxylation is 2. The van der Waals surface area contributed by atoms with Crippen LogP contribution < -0.4 is 14.8 Å². The maximum atomic E-state index is 12.6. The summed E-state index contributed by atoms with van der Waals surface area (Å²) in [5, 5.41) is 2.77. The van der Waals surface area contributed by atoms with Gasteiger partial charge in [0, 0.05) is 0 Å². The van der Waals surface area contributed by atoms with Gasteiger partial charge in [-0.1, -0.05) is 6.07 Å². The van der Waals surface area contributed by atoms with Crippen molar-refractivity contribution in [3.8, 4) is 11.5 Å². The molecule has 1 atom stereocenters. The molecule has 0 spiro atoms. The number of benzene rings is 2. The number of ether oxygens (including phenoxy) is 3. The number of methoxy groups -OCH3 is 2. The SMILES string of the molecule is COC(=O)c1ccc(OC)c(NC(=O)[C@@H](C)Oc2ccc3c(c2)CCCC3)c1. The van der Waals surface area contributed by atoms with Crippen molar-refractivity contribution >= 4 is 17.6 Å². The van der Waals surface area contributed by atoms with Crippen molar-refractivity contribution in [3.63, 3.8) is 0 Å². The molecule has 0 radical (unpaired) electrons. The largest absolute Gasteiger partial charge is 0.495 e. The number of fused-ring (bicyclic) bond motifs is 1. The zero-order chi connectivity index (χ0) is 20.1. The predicted molar refractivity (Wildman–Crippen MR) is 106 cm³/mol. The Bertz CT molecular complexity index is 877. The van der Waals surface area contributed by atoms with Gasteiger partial charge < -0.3 is 19.5 Å². The van der Waals surface area contributed by atoms with Gasteiger partial charge >= 0.3 is 5.97 Å². The third-order valence-corrected chi connectivity index (χ3v) is 4.88. The normalized spacial score (nSPS) is 13.8. The summed E-state index contributed by atoms with van der Waals surface area (Å²) in [7, 11) is 2.80. The van der Waals surface area contributed by atoms with Crippen LogP contribution in [0.15, 0.2) is 36.4 Å². The molecular weight excluding hydrogens is 358 g/mol. The number of hydrogen-bond donors (Lipinski definition) is 1. The number of carbonyl (C=O) groups is 2. The van der Waals surface area contributed by atoms with Gasteiger partial charge in [0.25, 0.3) is 5.91 Å². The average molecular weight is 383 g/mol. The molecule has 2 aromatic rings. The third kappa shape index (κ3) is 4.44. The molecule has 1 N–H and O–H groups in total. The van der Waals surface area contributed by atoms with Crippen LogP contribution in [0.1, 0.15) is 41.3 Å². The highest BCUT2D eigenvalue weighted by Crippen LogP contribution is 2.28. The van der Waals surface area contributed by atoms with E-state index in [0.717, 1.165) is 12.8 Å². The molecule has 1 aliphatic rings. The number of esters is 1. The fourth-order valence-electron chi connectivity index (χ4n) is 3.33. The van der Waals surface area contributed by atoms with Crippen molar-refractivity contribution < 1.29 is 23.8 Å². The first-order valence-electron chi connectivity index (χ1n) is 9.37. The fourth-order valence-corrected chi connectivity index (χ4v) is 3.33. The van der Waals surface area contributed by atoms with Gasteiger partial charge in [0.2, 0.25) is 0 Å². The summed E-state index contributed by atoms with van der Waals surface area (Å²) in [6, 6.07) is 10.7. The van der Waals surface area contributed by atoms with Crippen molar-refractivity contribution in [1.29, 1.82) is 0 Å². The number of hydrogen-bond acceptors (Lipinski definition) is 5. The first-order valence-corrected chi connectivity index (χ1v) is 9.37. The van der Waals surface area contributed by atoms with Crippen molar-refractivity contribution in [2.24, 2.45) is 0 Å². The summed E-state index contributed by atoms with van der Waals surface area (Å²) in [4.78, 5) is 24.4. The van der Waals surface area contributed by atoms with Crippen LogP contribution in [0.4, 0.5) is 5.69 Å². The molecule has 148 valence electrons. The molecule has 0 unspecified atom stereocenters. The molecule has 3 rings (SSSR count). The maximum absolute atomic E-state index is 12.6. The smallest absolute Gasteiger partial charge is 0.337 e.